The van der Waals surface area contributed by atoms with Gasteiger partial charge in [0.2, 0.25) is 0 Å². The lowest BCUT2D eigenvalue weighted by atomic mass is 9.94. The molecule has 0 aliphatic rings. The summed E-state index contributed by atoms with van der Waals surface area (Å²) in [4.78, 5) is 22.0. The van der Waals surface area contributed by atoms with Crippen LogP contribution >= 0.6 is 0 Å². The van der Waals surface area contributed by atoms with Gasteiger partial charge in [-0.3, -0.25) is 9.59 Å². The number of aliphatic carboxylic acids is 2. The number of carbonyl (C=O) groups is 2. The van der Waals surface area contributed by atoms with Crippen LogP contribution in [0.5, 0.6) is 5.75 Å². The van der Waals surface area contributed by atoms with E-state index in [0.717, 1.165) is 10.8 Å². The molecule has 0 spiro atoms. The van der Waals surface area contributed by atoms with E-state index in [1.54, 1.807) is 6.07 Å². The Morgan fingerprint density at radius 3 is 2.48 bits per heavy atom. The fourth-order valence-electron chi connectivity index (χ4n) is 2.41. The van der Waals surface area contributed by atoms with Crippen LogP contribution in [-0.2, 0) is 16.0 Å². The molecule has 2 N–H and O–H groups in total. The maximum absolute atomic E-state index is 11.2. The number of hydrogen-bond donors (Lipinski definition) is 2. The van der Waals surface area contributed by atoms with E-state index in [-0.39, 0.29) is 6.42 Å². The van der Waals surface area contributed by atoms with Crippen molar-refractivity contribution in [3.05, 3.63) is 42.0 Å². The third-order valence-electron chi connectivity index (χ3n) is 3.40. The molecular formula is C16H16O5. The van der Waals surface area contributed by atoms with Crippen LogP contribution in [0.2, 0.25) is 0 Å². The van der Waals surface area contributed by atoms with Crippen LogP contribution in [0, 0.1) is 5.92 Å². The summed E-state index contributed by atoms with van der Waals surface area (Å²) in [5, 5.41) is 19.8. The van der Waals surface area contributed by atoms with Crippen LogP contribution in [0.15, 0.2) is 36.4 Å². The van der Waals surface area contributed by atoms with E-state index >= 15 is 0 Å². The van der Waals surface area contributed by atoms with E-state index < -0.39 is 24.3 Å². The van der Waals surface area contributed by atoms with Crippen LogP contribution in [-0.4, -0.2) is 29.3 Å². The van der Waals surface area contributed by atoms with Gasteiger partial charge in [-0.05, 0) is 17.4 Å². The smallest absolute Gasteiger partial charge is 0.307 e. The lowest BCUT2D eigenvalue weighted by Gasteiger charge is -2.15. The zero-order chi connectivity index (χ0) is 15.4. The monoisotopic (exact) mass is 288 g/mol. The third kappa shape index (κ3) is 3.31. The Morgan fingerprint density at radius 2 is 1.86 bits per heavy atom. The van der Waals surface area contributed by atoms with Crippen molar-refractivity contribution in [2.75, 3.05) is 7.11 Å². The molecule has 5 heteroatoms. The van der Waals surface area contributed by atoms with Crippen LogP contribution in [0.3, 0.4) is 0 Å². The molecule has 0 heterocycles. The van der Waals surface area contributed by atoms with Crippen molar-refractivity contribution in [3.63, 3.8) is 0 Å². The molecule has 0 saturated heterocycles. The SMILES string of the molecule is COc1c(CC(CC(=O)O)C(=O)O)ccc2ccccc12. The summed E-state index contributed by atoms with van der Waals surface area (Å²) in [5.74, 6) is -2.61. The zero-order valence-corrected chi connectivity index (χ0v) is 11.6. The van der Waals surface area contributed by atoms with Crippen molar-refractivity contribution in [1.82, 2.24) is 0 Å². The van der Waals surface area contributed by atoms with Crippen molar-refractivity contribution in [1.29, 1.82) is 0 Å². The lowest BCUT2D eigenvalue weighted by Crippen LogP contribution is -2.20. The molecule has 2 aromatic rings. The van der Waals surface area contributed by atoms with Crippen molar-refractivity contribution >= 4 is 22.7 Å². The molecule has 0 bridgehead atoms. The lowest BCUT2D eigenvalue weighted by molar-refractivity contribution is -0.148. The third-order valence-corrected chi connectivity index (χ3v) is 3.40. The van der Waals surface area contributed by atoms with Gasteiger partial charge in [-0.25, -0.2) is 0 Å². The number of benzene rings is 2. The second-order valence-corrected chi connectivity index (χ2v) is 4.82. The van der Waals surface area contributed by atoms with Gasteiger partial charge in [0.1, 0.15) is 5.75 Å². The molecule has 0 radical (unpaired) electrons. The summed E-state index contributed by atoms with van der Waals surface area (Å²) < 4.78 is 5.40. The second-order valence-electron chi connectivity index (χ2n) is 4.82. The minimum Gasteiger partial charge on any atom is -0.496 e. The fourth-order valence-corrected chi connectivity index (χ4v) is 2.41. The molecule has 2 rings (SSSR count). The highest BCUT2D eigenvalue weighted by Gasteiger charge is 2.23. The summed E-state index contributed by atoms with van der Waals surface area (Å²) in [6.07, 6.45) is -0.291. The molecule has 0 amide bonds. The number of methoxy groups -OCH3 is 1. The number of hydrogen-bond acceptors (Lipinski definition) is 3. The van der Waals surface area contributed by atoms with Crippen molar-refractivity contribution in [3.8, 4) is 5.75 Å². The molecule has 1 unspecified atom stereocenters. The standard InChI is InChI=1S/C16H16O5/c1-21-15-11(8-12(16(19)20)9-14(17)18)7-6-10-4-2-3-5-13(10)15/h2-7,12H,8-9H2,1H3,(H,17,18)(H,19,20). The Bertz CT molecular complexity index is 677. The van der Waals surface area contributed by atoms with Gasteiger partial charge in [0.25, 0.3) is 0 Å². The van der Waals surface area contributed by atoms with E-state index in [0.29, 0.717) is 11.3 Å². The van der Waals surface area contributed by atoms with E-state index in [1.165, 1.54) is 7.11 Å². The summed E-state index contributed by atoms with van der Waals surface area (Å²) in [6, 6.07) is 11.3. The predicted octanol–water partition coefficient (Wildman–Crippen LogP) is 2.57. The molecule has 5 nitrogen and oxygen atoms in total. The normalized spacial score (nSPS) is 12.0. The first-order chi connectivity index (χ1) is 10.0. The van der Waals surface area contributed by atoms with Crippen molar-refractivity contribution < 1.29 is 24.5 Å². The molecule has 0 saturated carbocycles. The van der Waals surface area contributed by atoms with Crippen LogP contribution in [0.4, 0.5) is 0 Å². The summed E-state index contributed by atoms with van der Waals surface area (Å²) in [7, 11) is 1.53. The molecule has 110 valence electrons. The highest BCUT2D eigenvalue weighted by Crippen LogP contribution is 2.31. The van der Waals surface area contributed by atoms with E-state index in [2.05, 4.69) is 0 Å². The van der Waals surface area contributed by atoms with Crippen molar-refractivity contribution in [2.24, 2.45) is 5.92 Å². The molecule has 0 fully saturated rings. The molecule has 1 atom stereocenters. The van der Waals surface area contributed by atoms with Gasteiger partial charge < -0.3 is 14.9 Å². The highest BCUT2D eigenvalue weighted by molar-refractivity contribution is 5.90. The molecular weight excluding hydrogens is 272 g/mol. The average molecular weight is 288 g/mol. The Morgan fingerprint density at radius 1 is 1.14 bits per heavy atom. The topological polar surface area (TPSA) is 83.8 Å². The molecule has 2 aromatic carbocycles. The first-order valence-corrected chi connectivity index (χ1v) is 6.52. The van der Waals surface area contributed by atoms with Gasteiger partial charge in [-0.1, -0.05) is 36.4 Å². The first kappa shape index (κ1) is 14.8. The first-order valence-electron chi connectivity index (χ1n) is 6.52. The Hall–Kier alpha value is -2.56. The number of ether oxygens (including phenoxy) is 1. The highest BCUT2D eigenvalue weighted by atomic mass is 16.5. The number of fused-ring (bicyclic) bond motifs is 1. The van der Waals surface area contributed by atoms with E-state index in [4.69, 9.17) is 14.9 Å². The quantitative estimate of drug-likeness (QED) is 0.853. The van der Waals surface area contributed by atoms with Gasteiger partial charge in [0, 0.05) is 5.39 Å². The summed E-state index contributed by atoms with van der Waals surface area (Å²) in [5.41, 5.74) is 0.699. The van der Waals surface area contributed by atoms with Gasteiger partial charge in [0.05, 0.1) is 19.4 Å². The predicted molar refractivity (Wildman–Crippen MR) is 77.6 cm³/mol. The summed E-state index contributed by atoms with van der Waals surface area (Å²) in [6.45, 7) is 0. The number of rotatable bonds is 6. The molecule has 0 aromatic heterocycles. The van der Waals surface area contributed by atoms with Crippen LogP contribution in [0.25, 0.3) is 10.8 Å². The molecule has 21 heavy (non-hydrogen) atoms. The van der Waals surface area contributed by atoms with Crippen LogP contribution < -0.4 is 4.74 Å². The van der Waals surface area contributed by atoms with Gasteiger partial charge in [-0.15, -0.1) is 0 Å². The van der Waals surface area contributed by atoms with Crippen molar-refractivity contribution in [2.45, 2.75) is 12.8 Å². The van der Waals surface area contributed by atoms with E-state index in [9.17, 15) is 9.59 Å². The maximum atomic E-state index is 11.2. The zero-order valence-electron chi connectivity index (χ0n) is 11.6. The van der Waals surface area contributed by atoms with E-state index in [1.807, 2.05) is 30.3 Å². The van der Waals surface area contributed by atoms with Gasteiger partial charge in [0.15, 0.2) is 0 Å². The molecule has 0 aliphatic carbocycles. The Balaban J connectivity index is 2.41. The average Bonchev–Trinajstić information content (AvgIpc) is 2.45. The van der Waals surface area contributed by atoms with Gasteiger partial charge in [-0.2, -0.15) is 0 Å². The number of carboxylic acid groups (broad SMARTS) is 2. The minimum atomic E-state index is -1.12. The Labute approximate surface area is 121 Å². The molecule has 0 aliphatic heterocycles. The largest absolute Gasteiger partial charge is 0.496 e. The van der Waals surface area contributed by atoms with Gasteiger partial charge >= 0.3 is 11.9 Å². The summed E-state index contributed by atoms with van der Waals surface area (Å²) >= 11 is 0. The fraction of sp³-hybridized carbons (Fsp3) is 0.250. The Kier molecular flexibility index (Phi) is 4.42. The van der Waals surface area contributed by atoms with Crippen LogP contribution in [0.1, 0.15) is 12.0 Å². The minimum absolute atomic E-state index is 0.121. The maximum Gasteiger partial charge on any atom is 0.307 e. The second kappa shape index (κ2) is 6.26. The number of carboxylic acids is 2.